The second kappa shape index (κ2) is 4.90. The van der Waals surface area contributed by atoms with Crippen molar-refractivity contribution in [3.05, 3.63) is 66.4 Å². The largest absolute Gasteiger partial charge is 0.338 e. The van der Waals surface area contributed by atoms with E-state index in [1.165, 1.54) is 0 Å². The number of nitrogens with one attached hydrogen (secondary N) is 1. The predicted molar refractivity (Wildman–Crippen MR) is 74.8 cm³/mol. The van der Waals surface area contributed by atoms with Crippen molar-refractivity contribution in [3.63, 3.8) is 0 Å². The van der Waals surface area contributed by atoms with Gasteiger partial charge in [0.25, 0.3) is 0 Å². The molecule has 3 nitrogen and oxygen atoms in total. The minimum Gasteiger partial charge on any atom is -0.338 e. The molecule has 0 aliphatic heterocycles. The Bertz CT molecular complexity index is 684. The molecular weight excluding hydrogens is 236 g/mol. The van der Waals surface area contributed by atoms with Crippen LogP contribution < -0.4 is 0 Å². The van der Waals surface area contributed by atoms with Gasteiger partial charge in [0.2, 0.25) is 0 Å². The van der Waals surface area contributed by atoms with Crippen molar-refractivity contribution in [1.29, 1.82) is 0 Å². The van der Waals surface area contributed by atoms with Gasteiger partial charge in [0.05, 0.1) is 11.9 Å². The van der Waals surface area contributed by atoms with Crippen LogP contribution in [0.2, 0.25) is 0 Å². The fourth-order valence-electron chi connectivity index (χ4n) is 1.95. The molecular formula is C16H12N2O. The van der Waals surface area contributed by atoms with Crippen molar-refractivity contribution in [2.24, 2.45) is 0 Å². The number of imidazole rings is 1. The summed E-state index contributed by atoms with van der Waals surface area (Å²) in [5, 5.41) is 0. The number of benzene rings is 2. The summed E-state index contributed by atoms with van der Waals surface area (Å²) >= 11 is 0. The third-order valence-electron chi connectivity index (χ3n) is 2.98. The van der Waals surface area contributed by atoms with Crippen molar-refractivity contribution in [3.8, 4) is 22.6 Å². The van der Waals surface area contributed by atoms with Crippen molar-refractivity contribution in [2.45, 2.75) is 0 Å². The Hall–Kier alpha value is -2.68. The Kier molecular flexibility index (Phi) is 2.94. The van der Waals surface area contributed by atoms with Crippen LogP contribution in [0.1, 0.15) is 10.4 Å². The lowest BCUT2D eigenvalue weighted by molar-refractivity contribution is 0.112. The molecule has 3 aromatic rings. The van der Waals surface area contributed by atoms with Gasteiger partial charge in [0.1, 0.15) is 12.1 Å². The molecule has 0 saturated heterocycles. The Morgan fingerprint density at radius 3 is 2.32 bits per heavy atom. The molecule has 0 aliphatic rings. The van der Waals surface area contributed by atoms with Gasteiger partial charge in [-0.3, -0.25) is 4.79 Å². The standard InChI is InChI=1S/C16H12N2O/c19-11-12-6-8-14(9-7-12)16-17-10-15(18-16)13-4-2-1-3-5-13/h1-11H,(H,17,18). The van der Waals surface area contributed by atoms with Crippen LogP contribution in [-0.2, 0) is 0 Å². The van der Waals surface area contributed by atoms with Crippen molar-refractivity contribution < 1.29 is 4.79 Å². The second-order valence-corrected chi connectivity index (χ2v) is 4.25. The highest BCUT2D eigenvalue weighted by atomic mass is 16.1. The number of H-pyrrole nitrogens is 1. The Balaban J connectivity index is 1.94. The predicted octanol–water partition coefficient (Wildman–Crippen LogP) is 3.56. The molecule has 0 bridgehead atoms. The molecule has 92 valence electrons. The van der Waals surface area contributed by atoms with Crippen LogP contribution in [0.15, 0.2) is 60.8 Å². The van der Waals surface area contributed by atoms with Crippen LogP contribution in [-0.4, -0.2) is 16.3 Å². The quantitative estimate of drug-likeness (QED) is 0.720. The summed E-state index contributed by atoms with van der Waals surface area (Å²) in [5.74, 6) is 0.802. The van der Waals surface area contributed by atoms with Gasteiger partial charge in [-0.2, -0.15) is 0 Å². The van der Waals surface area contributed by atoms with Crippen molar-refractivity contribution in [1.82, 2.24) is 9.97 Å². The highest BCUT2D eigenvalue weighted by Crippen LogP contribution is 2.21. The summed E-state index contributed by atoms with van der Waals surface area (Å²) in [7, 11) is 0. The maximum atomic E-state index is 10.6. The molecule has 0 atom stereocenters. The summed E-state index contributed by atoms with van der Waals surface area (Å²) in [4.78, 5) is 18.3. The fraction of sp³-hybridized carbons (Fsp3) is 0. The molecule has 2 aromatic carbocycles. The van der Waals surface area contributed by atoms with E-state index in [1.807, 2.05) is 48.7 Å². The number of aromatic amines is 1. The van der Waals surface area contributed by atoms with Gasteiger partial charge >= 0.3 is 0 Å². The molecule has 19 heavy (non-hydrogen) atoms. The van der Waals surface area contributed by atoms with Crippen LogP contribution in [0.5, 0.6) is 0 Å². The fourth-order valence-corrected chi connectivity index (χ4v) is 1.95. The Labute approximate surface area is 111 Å². The van der Waals surface area contributed by atoms with Gasteiger partial charge in [-0.15, -0.1) is 0 Å². The number of carbonyl (C=O) groups excluding carboxylic acids is 1. The van der Waals surface area contributed by atoms with Gasteiger partial charge in [0.15, 0.2) is 0 Å². The van der Waals surface area contributed by atoms with Crippen molar-refractivity contribution in [2.75, 3.05) is 0 Å². The van der Waals surface area contributed by atoms with Gasteiger partial charge in [-0.25, -0.2) is 4.98 Å². The van der Waals surface area contributed by atoms with Crippen LogP contribution in [0, 0.1) is 0 Å². The number of hydrogen-bond acceptors (Lipinski definition) is 2. The van der Waals surface area contributed by atoms with Crippen LogP contribution in [0.25, 0.3) is 22.6 Å². The second-order valence-electron chi connectivity index (χ2n) is 4.25. The molecule has 3 heteroatoms. The number of nitrogens with zero attached hydrogens (tertiary/aromatic N) is 1. The molecule has 1 heterocycles. The third-order valence-corrected chi connectivity index (χ3v) is 2.98. The van der Waals surface area contributed by atoms with Crippen LogP contribution in [0.4, 0.5) is 0 Å². The molecule has 0 fully saturated rings. The molecule has 3 rings (SSSR count). The van der Waals surface area contributed by atoms with Gasteiger partial charge < -0.3 is 4.98 Å². The van der Waals surface area contributed by atoms with E-state index in [0.29, 0.717) is 5.56 Å². The lowest BCUT2D eigenvalue weighted by Crippen LogP contribution is -1.83. The van der Waals surface area contributed by atoms with E-state index in [2.05, 4.69) is 9.97 Å². The molecule has 1 aromatic heterocycles. The highest BCUT2D eigenvalue weighted by molar-refractivity contribution is 5.76. The summed E-state index contributed by atoms with van der Waals surface area (Å²) in [6, 6.07) is 17.4. The molecule has 0 radical (unpaired) electrons. The zero-order chi connectivity index (χ0) is 13.1. The molecule has 0 saturated carbocycles. The number of rotatable bonds is 3. The van der Waals surface area contributed by atoms with E-state index in [4.69, 9.17) is 0 Å². The first kappa shape index (κ1) is 11.4. The number of aromatic nitrogens is 2. The lowest BCUT2D eigenvalue weighted by atomic mass is 10.1. The first-order valence-electron chi connectivity index (χ1n) is 6.03. The highest BCUT2D eigenvalue weighted by Gasteiger charge is 2.04. The summed E-state index contributed by atoms with van der Waals surface area (Å²) in [5.41, 5.74) is 3.71. The molecule has 0 amide bonds. The molecule has 0 unspecified atom stereocenters. The Morgan fingerprint density at radius 1 is 0.895 bits per heavy atom. The lowest BCUT2D eigenvalue weighted by Gasteiger charge is -1.98. The first-order valence-corrected chi connectivity index (χ1v) is 6.03. The first-order chi connectivity index (χ1) is 9.36. The zero-order valence-electron chi connectivity index (χ0n) is 10.2. The van der Waals surface area contributed by atoms with E-state index in [9.17, 15) is 4.79 Å². The van der Waals surface area contributed by atoms with Gasteiger partial charge in [-0.05, 0) is 5.56 Å². The molecule has 1 N–H and O–H groups in total. The normalized spacial score (nSPS) is 10.3. The number of hydrogen-bond donors (Lipinski definition) is 1. The average molecular weight is 248 g/mol. The summed E-state index contributed by atoms with van der Waals surface area (Å²) in [6.07, 6.45) is 2.65. The number of aldehydes is 1. The van der Waals surface area contributed by atoms with Crippen LogP contribution in [0.3, 0.4) is 0 Å². The maximum Gasteiger partial charge on any atom is 0.150 e. The van der Waals surface area contributed by atoms with E-state index >= 15 is 0 Å². The molecule has 0 spiro atoms. The Morgan fingerprint density at radius 2 is 1.63 bits per heavy atom. The van der Waals surface area contributed by atoms with Crippen molar-refractivity contribution >= 4 is 6.29 Å². The average Bonchev–Trinajstić information content (AvgIpc) is 2.98. The van der Waals surface area contributed by atoms with E-state index in [1.54, 1.807) is 12.1 Å². The smallest absolute Gasteiger partial charge is 0.150 e. The number of carbonyl (C=O) groups is 1. The molecule has 0 aliphatic carbocycles. The zero-order valence-corrected chi connectivity index (χ0v) is 10.2. The van der Waals surface area contributed by atoms with E-state index in [-0.39, 0.29) is 0 Å². The minimum absolute atomic E-state index is 0.665. The van der Waals surface area contributed by atoms with E-state index in [0.717, 1.165) is 28.9 Å². The van der Waals surface area contributed by atoms with Crippen LogP contribution >= 0.6 is 0 Å². The van der Waals surface area contributed by atoms with Gasteiger partial charge in [0, 0.05) is 11.1 Å². The minimum atomic E-state index is 0.665. The summed E-state index contributed by atoms with van der Waals surface area (Å²) < 4.78 is 0. The third kappa shape index (κ3) is 2.31. The topological polar surface area (TPSA) is 45.8 Å². The van der Waals surface area contributed by atoms with Gasteiger partial charge in [-0.1, -0.05) is 54.6 Å². The maximum absolute atomic E-state index is 10.6. The summed E-state index contributed by atoms with van der Waals surface area (Å²) in [6.45, 7) is 0. The monoisotopic (exact) mass is 248 g/mol. The SMILES string of the molecule is O=Cc1ccc(-c2ncc(-c3ccccc3)[nH]2)cc1. The van der Waals surface area contributed by atoms with E-state index < -0.39 is 0 Å².